The molecule has 0 aliphatic carbocycles. The summed E-state index contributed by atoms with van der Waals surface area (Å²) in [7, 11) is -3.96. The first-order valence-electron chi connectivity index (χ1n) is 11.7. The number of fused-ring (bicyclic) bond motifs is 3. The standard InChI is InChI=1S/C29H21N3O4S/c33-27-20-10-4-7-13-25(20)37(35,36)26-17-19(14-15-21(26)27)29(34)32-24(16-18-8-2-1-3-9-18)28-30-22-11-5-6-12-23(22)31-28/h1-15,17,24H,16H2,(H,30,31)(H,32,34)/t24-/m0/s1. The number of aromatic nitrogens is 2. The fourth-order valence-corrected chi connectivity index (χ4v) is 6.35. The normalized spacial score (nSPS) is 14.5. The topological polar surface area (TPSA) is 109 Å². The van der Waals surface area contributed by atoms with Gasteiger partial charge in [0, 0.05) is 16.7 Å². The van der Waals surface area contributed by atoms with Gasteiger partial charge in [0.2, 0.25) is 9.84 Å². The van der Waals surface area contributed by atoms with Gasteiger partial charge in [-0.05, 0) is 54.4 Å². The van der Waals surface area contributed by atoms with Gasteiger partial charge in [-0.2, -0.15) is 0 Å². The maximum Gasteiger partial charge on any atom is 0.251 e. The molecule has 0 saturated carbocycles. The third-order valence-corrected chi connectivity index (χ3v) is 8.38. The summed E-state index contributed by atoms with van der Waals surface area (Å²) in [5.41, 5.74) is 2.98. The number of aromatic amines is 1. The molecule has 182 valence electrons. The largest absolute Gasteiger partial charge is 0.342 e. The van der Waals surface area contributed by atoms with E-state index in [1.807, 2.05) is 54.6 Å². The van der Waals surface area contributed by atoms with Crippen LogP contribution in [0.2, 0.25) is 0 Å². The predicted octanol–water partition coefficient (Wildman–Crippen LogP) is 4.65. The number of ketones is 1. The average molecular weight is 508 g/mol. The number of hydrogen-bond donors (Lipinski definition) is 2. The van der Waals surface area contributed by atoms with E-state index in [2.05, 4.69) is 15.3 Å². The molecule has 8 heteroatoms. The molecule has 2 N–H and O–H groups in total. The molecule has 2 heterocycles. The summed E-state index contributed by atoms with van der Waals surface area (Å²) in [4.78, 5) is 34.1. The Kier molecular flexibility index (Phi) is 5.46. The van der Waals surface area contributed by atoms with Gasteiger partial charge >= 0.3 is 0 Å². The summed E-state index contributed by atoms with van der Waals surface area (Å²) >= 11 is 0. The van der Waals surface area contributed by atoms with Crippen LogP contribution >= 0.6 is 0 Å². The smallest absolute Gasteiger partial charge is 0.251 e. The zero-order valence-electron chi connectivity index (χ0n) is 19.5. The lowest BCUT2D eigenvalue weighted by Gasteiger charge is -2.20. The van der Waals surface area contributed by atoms with Crippen LogP contribution in [0.1, 0.15) is 43.7 Å². The van der Waals surface area contributed by atoms with Crippen molar-refractivity contribution in [2.45, 2.75) is 22.3 Å². The Labute approximate surface area is 213 Å². The molecule has 37 heavy (non-hydrogen) atoms. The van der Waals surface area contributed by atoms with Crippen LogP contribution < -0.4 is 5.32 Å². The Balaban J connectivity index is 1.36. The van der Waals surface area contributed by atoms with Crippen molar-refractivity contribution in [1.29, 1.82) is 0 Å². The number of imidazole rings is 1. The summed E-state index contributed by atoms with van der Waals surface area (Å²) in [6, 6.07) is 27.1. The van der Waals surface area contributed by atoms with E-state index < -0.39 is 21.8 Å². The minimum atomic E-state index is -3.96. The SMILES string of the molecule is O=C(N[C@@H](Cc1ccccc1)c1nc2ccccc2[nH]1)c1ccc2c(c1)S(=O)(=O)c1ccccc1C2=O. The van der Waals surface area contributed by atoms with Gasteiger partial charge in [0.25, 0.3) is 5.91 Å². The van der Waals surface area contributed by atoms with Gasteiger partial charge < -0.3 is 10.3 Å². The zero-order valence-corrected chi connectivity index (χ0v) is 20.3. The van der Waals surface area contributed by atoms with Gasteiger partial charge in [0.1, 0.15) is 5.82 Å². The van der Waals surface area contributed by atoms with E-state index in [1.165, 1.54) is 30.3 Å². The molecule has 0 saturated heterocycles. The van der Waals surface area contributed by atoms with Crippen LogP contribution in [0.25, 0.3) is 11.0 Å². The molecule has 5 aromatic rings. The molecule has 0 bridgehead atoms. The minimum absolute atomic E-state index is 0.0470. The number of benzene rings is 4. The molecule has 7 nitrogen and oxygen atoms in total. The van der Waals surface area contributed by atoms with Gasteiger partial charge in [0.15, 0.2) is 5.78 Å². The molecule has 1 aromatic heterocycles. The molecule has 0 radical (unpaired) electrons. The zero-order chi connectivity index (χ0) is 25.6. The molecular weight excluding hydrogens is 486 g/mol. The van der Waals surface area contributed by atoms with Crippen molar-refractivity contribution in [3.63, 3.8) is 0 Å². The van der Waals surface area contributed by atoms with E-state index >= 15 is 0 Å². The Morgan fingerprint density at radius 2 is 1.54 bits per heavy atom. The van der Waals surface area contributed by atoms with Gasteiger partial charge in [-0.3, -0.25) is 9.59 Å². The van der Waals surface area contributed by atoms with Crippen molar-refractivity contribution in [3.8, 4) is 0 Å². The fourth-order valence-electron chi connectivity index (χ4n) is 4.67. The molecule has 1 amide bonds. The molecule has 0 unspecified atom stereocenters. The number of nitrogens with zero attached hydrogens (tertiary/aromatic N) is 1. The molecule has 1 aliphatic rings. The van der Waals surface area contributed by atoms with E-state index in [-0.39, 0.29) is 32.3 Å². The molecular formula is C29H21N3O4S. The molecule has 0 fully saturated rings. The van der Waals surface area contributed by atoms with Crippen LogP contribution in [0.5, 0.6) is 0 Å². The van der Waals surface area contributed by atoms with Crippen molar-refractivity contribution in [3.05, 3.63) is 125 Å². The number of para-hydroxylation sites is 2. The molecule has 0 spiro atoms. The number of carbonyl (C=O) groups is 2. The first-order valence-corrected chi connectivity index (χ1v) is 13.2. The van der Waals surface area contributed by atoms with E-state index in [0.717, 1.165) is 16.6 Å². The highest BCUT2D eigenvalue weighted by atomic mass is 32.2. The lowest BCUT2D eigenvalue weighted by Crippen LogP contribution is -2.31. The van der Waals surface area contributed by atoms with Gasteiger partial charge in [-0.1, -0.05) is 54.6 Å². The van der Waals surface area contributed by atoms with Crippen molar-refractivity contribution >= 4 is 32.6 Å². The lowest BCUT2D eigenvalue weighted by molar-refractivity contribution is 0.0933. The Hall–Kier alpha value is -4.56. The number of nitrogens with one attached hydrogen (secondary N) is 2. The fraction of sp³-hybridized carbons (Fsp3) is 0.0690. The van der Waals surface area contributed by atoms with Crippen LogP contribution in [0.3, 0.4) is 0 Å². The summed E-state index contributed by atoms with van der Waals surface area (Å²) in [6.45, 7) is 0. The minimum Gasteiger partial charge on any atom is -0.342 e. The van der Waals surface area contributed by atoms with E-state index in [9.17, 15) is 18.0 Å². The highest BCUT2D eigenvalue weighted by molar-refractivity contribution is 7.91. The van der Waals surface area contributed by atoms with Crippen LogP contribution in [0.4, 0.5) is 0 Å². The van der Waals surface area contributed by atoms with Crippen LogP contribution in [0.15, 0.2) is 107 Å². The quantitative estimate of drug-likeness (QED) is 0.353. The van der Waals surface area contributed by atoms with Crippen molar-refractivity contribution < 1.29 is 18.0 Å². The summed E-state index contributed by atoms with van der Waals surface area (Å²) in [5.74, 6) is -0.254. The number of amides is 1. The van der Waals surface area contributed by atoms with Gasteiger partial charge in [-0.25, -0.2) is 13.4 Å². The molecule has 6 rings (SSSR count). The van der Waals surface area contributed by atoms with Gasteiger partial charge in [0.05, 0.1) is 26.9 Å². The summed E-state index contributed by atoms with van der Waals surface area (Å²) < 4.78 is 26.6. The monoisotopic (exact) mass is 507 g/mol. The van der Waals surface area contributed by atoms with Crippen LogP contribution in [-0.2, 0) is 16.3 Å². The maximum atomic E-state index is 13.4. The highest BCUT2D eigenvalue weighted by Crippen LogP contribution is 2.35. The van der Waals surface area contributed by atoms with E-state index in [0.29, 0.717) is 12.2 Å². The Morgan fingerprint density at radius 3 is 2.35 bits per heavy atom. The Morgan fingerprint density at radius 1 is 0.838 bits per heavy atom. The maximum absolute atomic E-state index is 13.4. The van der Waals surface area contributed by atoms with Crippen molar-refractivity contribution in [2.24, 2.45) is 0 Å². The Bertz CT molecular complexity index is 1760. The third-order valence-electron chi connectivity index (χ3n) is 6.52. The summed E-state index contributed by atoms with van der Waals surface area (Å²) in [5, 5.41) is 3.01. The second-order valence-electron chi connectivity index (χ2n) is 8.89. The number of rotatable bonds is 5. The highest BCUT2D eigenvalue weighted by Gasteiger charge is 2.35. The van der Waals surface area contributed by atoms with Crippen LogP contribution in [-0.4, -0.2) is 30.1 Å². The molecule has 1 aliphatic heterocycles. The average Bonchev–Trinajstić information content (AvgIpc) is 3.36. The number of hydrogen-bond acceptors (Lipinski definition) is 5. The molecule has 4 aromatic carbocycles. The van der Waals surface area contributed by atoms with Crippen molar-refractivity contribution in [1.82, 2.24) is 15.3 Å². The van der Waals surface area contributed by atoms with Crippen molar-refractivity contribution in [2.75, 3.05) is 0 Å². The summed E-state index contributed by atoms with van der Waals surface area (Å²) in [6.07, 6.45) is 0.474. The predicted molar refractivity (Wildman–Crippen MR) is 138 cm³/mol. The van der Waals surface area contributed by atoms with E-state index in [1.54, 1.807) is 12.1 Å². The van der Waals surface area contributed by atoms with Gasteiger partial charge in [-0.15, -0.1) is 0 Å². The second-order valence-corrected chi connectivity index (χ2v) is 10.8. The number of H-pyrrole nitrogens is 1. The van der Waals surface area contributed by atoms with Crippen LogP contribution in [0, 0.1) is 0 Å². The molecule has 1 atom stereocenters. The third kappa shape index (κ3) is 4.01. The first-order chi connectivity index (χ1) is 17.9. The lowest BCUT2D eigenvalue weighted by atomic mass is 10.0. The number of sulfone groups is 1. The second kappa shape index (κ2) is 8.83. The first kappa shape index (κ1) is 22.9. The number of carbonyl (C=O) groups excluding carboxylic acids is 2. The van der Waals surface area contributed by atoms with E-state index in [4.69, 9.17) is 0 Å².